The summed E-state index contributed by atoms with van der Waals surface area (Å²) in [5, 5.41) is 11.2. The van der Waals surface area contributed by atoms with Crippen molar-refractivity contribution in [2.24, 2.45) is 0 Å². The van der Waals surface area contributed by atoms with Crippen LogP contribution in [0.25, 0.3) is 0 Å². The van der Waals surface area contributed by atoms with E-state index >= 15 is 0 Å². The van der Waals surface area contributed by atoms with Crippen LogP contribution < -0.4 is 9.62 Å². The van der Waals surface area contributed by atoms with Gasteiger partial charge in [-0.1, -0.05) is 0 Å². The highest BCUT2D eigenvalue weighted by Gasteiger charge is 2.24. The molecule has 0 aliphatic carbocycles. The topological polar surface area (TPSA) is 110 Å². The lowest BCUT2D eigenvalue weighted by Gasteiger charge is -2.28. The van der Waals surface area contributed by atoms with E-state index in [0.29, 0.717) is 24.1 Å². The molecule has 28 heavy (non-hydrogen) atoms. The van der Waals surface area contributed by atoms with Gasteiger partial charge in [0, 0.05) is 30.8 Å². The van der Waals surface area contributed by atoms with E-state index in [1.807, 2.05) is 0 Å². The summed E-state index contributed by atoms with van der Waals surface area (Å²) in [6.07, 6.45) is 1.43. The second-order valence-electron chi connectivity index (χ2n) is 6.88. The molecule has 1 aliphatic heterocycles. The largest absolute Gasteiger partial charge is 0.312 e. The first-order valence-corrected chi connectivity index (χ1v) is 10.3. The van der Waals surface area contributed by atoms with Gasteiger partial charge in [0.1, 0.15) is 0 Å². The number of carbonyl (C=O) groups excluding carboxylic acids is 1. The van der Waals surface area contributed by atoms with E-state index in [1.165, 1.54) is 19.1 Å². The van der Waals surface area contributed by atoms with Gasteiger partial charge in [0.05, 0.1) is 15.5 Å². The highest BCUT2D eigenvalue weighted by molar-refractivity contribution is 7.92. The van der Waals surface area contributed by atoms with Gasteiger partial charge in [-0.2, -0.15) is 0 Å². The summed E-state index contributed by atoms with van der Waals surface area (Å²) in [6, 6.07) is 7.45. The fraction of sp³-hybridized carbons (Fsp3) is 0.316. The number of nitrogens with zero attached hydrogens (tertiary/aromatic N) is 2. The quantitative estimate of drug-likeness (QED) is 0.622. The van der Waals surface area contributed by atoms with Crippen LogP contribution in [0.4, 0.5) is 17.1 Å². The molecule has 1 aliphatic rings. The molecular weight excluding hydrogens is 382 g/mol. The lowest BCUT2D eigenvalue weighted by Crippen LogP contribution is -2.33. The molecule has 0 aromatic heterocycles. The monoisotopic (exact) mass is 403 g/mol. The molecule has 1 heterocycles. The molecule has 0 saturated carbocycles. The van der Waals surface area contributed by atoms with E-state index in [2.05, 4.69) is 4.72 Å². The van der Waals surface area contributed by atoms with Gasteiger partial charge in [0.2, 0.25) is 5.91 Å². The Hall–Kier alpha value is -2.94. The molecule has 2 aromatic carbocycles. The fourth-order valence-electron chi connectivity index (χ4n) is 3.42. The Bertz CT molecular complexity index is 1080. The first-order chi connectivity index (χ1) is 13.1. The molecule has 0 atom stereocenters. The Morgan fingerprint density at radius 1 is 1.18 bits per heavy atom. The van der Waals surface area contributed by atoms with Crippen LogP contribution in [0.15, 0.2) is 35.2 Å². The van der Waals surface area contributed by atoms with Crippen molar-refractivity contribution in [3.05, 3.63) is 57.1 Å². The van der Waals surface area contributed by atoms with Crippen molar-refractivity contribution in [3.8, 4) is 0 Å². The third-order valence-electron chi connectivity index (χ3n) is 4.84. The maximum absolute atomic E-state index is 12.9. The molecule has 0 spiro atoms. The summed E-state index contributed by atoms with van der Waals surface area (Å²) < 4.78 is 28.2. The summed E-state index contributed by atoms with van der Waals surface area (Å²) in [4.78, 5) is 24.1. The van der Waals surface area contributed by atoms with Crippen LogP contribution in [0, 0.1) is 24.0 Å². The molecule has 3 rings (SSSR count). The Morgan fingerprint density at radius 2 is 1.89 bits per heavy atom. The number of hydrogen-bond donors (Lipinski definition) is 1. The maximum atomic E-state index is 12.9. The van der Waals surface area contributed by atoms with E-state index in [1.54, 1.807) is 36.9 Å². The molecule has 9 heteroatoms. The number of fused-ring (bicyclic) bond motifs is 1. The first kappa shape index (κ1) is 19.8. The Balaban J connectivity index is 1.98. The van der Waals surface area contributed by atoms with Gasteiger partial charge >= 0.3 is 0 Å². The van der Waals surface area contributed by atoms with Crippen molar-refractivity contribution in [2.45, 2.75) is 38.5 Å². The van der Waals surface area contributed by atoms with Crippen LogP contribution in [0.3, 0.4) is 0 Å². The van der Waals surface area contributed by atoms with Crippen LogP contribution in [-0.4, -0.2) is 25.8 Å². The van der Waals surface area contributed by atoms with E-state index in [0.717, 1.165) is 17.7 Å². The minimum atomic E-state index is -3.94. The maximum Gasteiger partial charge on any atom is 0.274 e. The lowest BCUT2D eigenvalue weighted by atomic mass is 10.0. The number of sulfonamides is 1. The van der Waals surface area contributed by atoms with Crippen molar-refractivity contribution in [1.82, 2.24) is 0 Å². The van der Waals surface area contributed by atoms with Gasteiger partial charge in [-0.25, -0.2) is 8.42 Å². The van der Waals surface area contributed by atoms with Crippen LogP contribution in [0.5, 0.6) is 0 Å². The Labute approximate surface area is 163 Å². The highest BCUT2D eigenvalue weighted by Crippen LogP contribution is 2.32. The molecular formula is C19H21N3O5S. The molecule has 2 aromatic rings. The van der Waals surface area contributed by atoms with E-state index < -0.39 is 14.9 Å². The molecule has 0 unspecified atom stereocenters. The van der Waals surface area contributed by atoms with Crippen LogP contribution in [0.1, 0.15) is 30.0 Å². The Morgan fingerprint density at radius 3 is 2.54 bits per heavy atom. The molecule has 0 fully saturated rings. The third-order valence-corrected chi connectivity index (χ3v) is 6.21. The van der Waals surface area contributed by atoms with Gasteiger partial charge in [0.25, 0.3) is 15.7 Å². The van der Waals surface area contributed by atoms with Crippen molar-refractivity contribution < 1.29 is 18.1 Å². The average molecular weight is 403 g/mol. The number of nitro groups is 1. The zero-order valence-corrected chi connectivity index (χ0v) is 16.7. The van der Waals surface area contributed by atoms with Crippen LogP contribution in [0.2, 0.25) is 0 Å². The van der Waals surface area contributed by atoms with Crippen molar-refractivity contribution in [1.29, 1.82) is 0 Å². The van der Waals surface area contributed by atoms with Gasteiger partial charge in [-0.15, -0.1) is 0 Å². The van der Waals surface area contributed by atoms with E-state index in [9.17, 15) is 23.3 Å². The van der Waals surface area contributed by atoms with Crippen LogP contribution in [-0.2, 0) is 21.2 Å². The Kier molecular flexibility index (Phi) is 5.12. The summed E-state index contributed by atoms with van der Waals surface area (Å²) >= 11 is 0. The molecule has 148 valence electrons. The standard InChI is InChI=1S/C19H21N3O5S/c1-12-9-13(2)19(22(24)25)11-17(12)20-28(26,27)16-6-7-18-15(10-16)5-4-8-21(18)14(3)23/h6-7,9-11,20H,4-5,8H2,1-3H3. The summed E-state index contributed by atoms with van der Waals surface area (Å²) in [5.74, 6) is -0.0859. The number of nitro benzene ring substituents is 1. The van der Waals surface area contributed by atoms with Crippen molar-refractivity contribution in [2.75, 3.05) is 16.2 Å². The molecule has 1 amide bonds. The third kappa shape index (κ3) is 3.70. The zero-order valence-electron chi connectivity index (χ0n) is 15.9. The smallest absolute Gasteiger partial charge is 0.274 e. The SMILES string of the molecule is CC(=O)N1CCCc2cc(S(=O)(=O)Nc3cc([N+](=O)[O-])c(C)cc3C)ccc21. The normalized spacial score (nSPS) is 13.8. The summed E-state index contributed by atoms with van der Waals surface area (Å²) in [7, 11) is -3.94. The number of benzene rings is 2. The van der Waals surface area contributed by atoms with Crippen LogP contribution >= 0.6 is 0 Å². The number of carbonyl (C=O) groups is 1. The van der Waals surface area contributed by atoms with Gasteiger partial charge in [0.15, 0.2) is 0 Å². The zero-order chi connectivity index (χ0) is 20.6. The minimum Gasteiger partial charge on any atom is -0.312 e. The molecule has 0 radical (unpaired) electrons. The van der Waals surface area contributed by atoms with Gasteiger partial charge < -0.3 is 4.90 Å². The highest BCUT2D eigenvalue weighted by atomic mass is 32.2. The number of anilines is 2. The number of hydrogen-bond acceptors (Lipinski definition) is 5. The molecule has 0 bridgehead atoms. The fourth-order valence-corrected chi connectivity index (χ4v) is 4.59. The van der Waals surface area contributed by atoms with E-state index in [4.69, 9.17) is 0 Å². The predicted octanol–water partition coefficient (Wildman–Crippen LogP) is 3.31. The number of rotatable bonds is 4. The molecule has 0 saturated heterocycles. The molecule has 8 nitrogen and oxygen atoms in total. The number of nitrogens with one attached hydrogen (secondary N) is 1. The number of aryl methyl sites for hydroxylation is 3. The van der Waals surface area contributed by atoms with E-state index in [-0.39, 0.29) is 22.2 Å². The van der Waals surface area contributed by atoms with Gasteiger partial charge in [-0.05, 0) is 62.1 Å². The lowest BCUT2D eigenvalue weighted by molar-refractivity contribution is -0.385. The molecule has 1 N–H and O–H groups in total. The van der Waals surface area contributed by atoms with Crippen molar-refractivity contribution >= 4 is 33.0 Å². The first-order valence-electron chi connectivity index (χ1n) is 8.79. The second-order valence-corrected chi connectivity index (χ2v) is 8.56. The predicted molar refractivity (Wildman–Crippen MR) is 106 cm³/mol. The second kappa shape index (κ2) is 7.23. The van der Waals surface area contributed by atoms with Crippen molar-refractivity contribution in [3.63, 3.8) is 0 Å². The average Bonchev–Trinajstić information content (AvgIpc) is 2.62. The summed E-state index contributed by atoms with van der Waals surface area (Å²) in [6.45, 7) is 5.38. The summed E-state index contributed by atoms with van der Waals surface area (Å²) in [5.41, 5.74) is 2.58. The number of amides is 1. The van der Waals surface area contributed by atoms with Gasteiger partial charge in [-0.3, -0.25) is 19.6 Å². The minimum absolute atomic E-state index is 0.0549.